The maximum absolute atomic E-state index is 12.8. The molecule has 0 bridgehead atoms. The summed E-state index contributed by atoms with van der Waals surface area (Å²) in [6.45, 7) is 3.59. The molecule has 2 amide bonds. The van der Waals surface area contributed by atoms with Crippen LogP contribution in [0.1, 0.15) is 27.2 Å². The molecule has 0 fully saturated rings. The summed E-state index contributed by atoms with van der Waals surface area (Å²) >= 11 is 0. The number of hydrogen-bond acceptors (Lipinski definition) is 6. The number of ketones is 1. The molecule has 8 nitrogen and oxygen atoms in total. The highest BCUT2D eigenvalue weighted by Gasteiger charge is 2.28. The van der Waals surface area contributed by atoms with Gasteiger partial charge in [-0.25, -0.2) is 0 Å². The molecule has 0 spiro atoms. The van der Waals surface area contributed by atoms with Crippen molar-refractivity contribution in [2.45, 2.75) is 20.4 Å². The van der Waals surface area contributed by atoms with Gasteiger partial charge in [0, 0.05) is 5.56 Å². The Kier molecular flexibility index (Phi) is 6.44. The summed E-state index contributed by atoms with van der Waals surface area (Å²) in [4.78, 5) is 39.0. The van der Waals surface area contributed by atoms with Crippen LogP contribution in [0.2, 0.25) is 0 Å². The number of ether oxygens (including phenoxy) is 2. The van der Waals surface area contributed by atoms with Gasteiger partial charge in [0.2, 0.25) is 5.91 Å². The molecule has 33 heavy (non-hydrogen) atoms. The zero-order chi connectivity index (χ0) is 23.4. The highest BCUT2D eigenvalue weighted by molar-refractivity contribution is 6.04. The van der Waals surface area contributed by atoms with Crippen molar-refractivity contribution < 1.29 is 28.3 Å². The number of nitrogens with zero attached hydrogens (tertiary/aromatic N) is 1. The molecule has 1 N–H and O–H groups in total. The molecule has 0 saturated heterocycles. The van der Waals surface area contributed by atoms with Crippen molar-refractivity contribution in [1.29, 1.82) is 0 Å². The zero-order valence-corrected chi connectivity index (χ0v) is 18.4. The molecule has 4 rings (SSSR count). The van der Waals surface area contributed by atoms with E-state index >= 15 is 0 Å². The van der Waals surface area contributed by atoms with E-state index in [4.69, 9.17) is 13.9 Å². The summed E-state index contributed by atoms with van der Waals surface area (Å²) in [5, 5.41) is 2.71. The van der Waals surface area contributed by atoms with Gasteiger partial charge in [0.25, 0.3) is 5.91 Å². The van der Waals surface area contributed by atoms with Gasteiger partial charge in [0.1, 0.15) is 23.8 Å². The normalized spacial score (nSPS) is 12.7. The summed E-state index contributed by atoms with van der Waals surface area (Å²) in [7, 11) is 0. The Bertz CT molecular complexity index is 1190. The fourth-order valence-corrected chi connectivity index (χ4v) is 3.54. The predicted octanol–water partition coefficient (Wildman–Crippen LogP) is 3.20. The van der Waals surface area contributed by atoms with E-state index in [0.717, 1.165) is 11.1 Å². The van der Waals surface area contributed by atoms with Crippen LogP contribution in [-0.2, 0) is 16.1 Å². The molecule has 170 valence electrons. The fraction of sp³-hybridized carbons (Fsp3) is 0.240. The second-order valence-corrected chi connectivity index (χ2v) is 7.79. The Balaban J connectivity index is 1.45. The van der Waals surface area contributed by atoms with Crippen LogP contribution < -0.4 is 19.7 Å². The van der Waals surface area contributed by atoms with Crippen molar-refractivity contribution in [2.75, 3.05) is 24.7 Å². The second-order valence-electron chi connectivity index (χ2n) is 7.79. The molecule has 1 aliphatic rings. The molecular weight excluding hydrogens is 424 g/mol. The van der Waals surface area contributed by atoms with E-state index in [1.165, 1.54) is 11.2 Å². The van der Waals surface area contributed by atoms with Crippen LogP contribution in [0.4, 0.5) is 5.69 Å². The number of amides is 2. The third-order valence-electron chi connectivity index (χ3n) is 5.25. The smallest absolute Gasteiger partial charge is 0.265 e. The molecule has 0 aliphatic carbocycles. The third-order valence-corrected chi connectivity index (χ3v) is 5.25. The van der Waals surface area contributed by atoms with Gasteiger partial charge in [-0.15, -0.1) is 0 Å². The molecule has 2 aromatic carbocycles. The molecular formula is C25H24N2O6. The number of aryl methyl sites for hydroxylation is 2. The Labute approximate surface area is 191 Å². The highest BCUT2D eigenvalue weighted by atomic mass is 16.5. The number of benzene rings is 2. The molecule has 0 atom stereocenters. The van der Waals surface area contributed by atoms with Crippen LogP contribution in [0.5, 0.6) is 11.5 Å². The molecule has 0 saturated carbocycles. The van der Waals surface area contributed by atoms with Gasteiger partial charge in [-0.1, -0.05) is 17.7 Å². The average molecular weight is 448 g/mol. The van der Waals surface area contributed by atoms with Crippen LogP contribution >= 0.6 is 0 Å². The molecule has 8 heteroatoms. The molecule has 0 unspecified atom stereocenters. The van der Waals surface area contributed by atoms with Crippen molar-refractivity contribution in [3.63, 3.8) is 0 Å². The van der Waals surface area contributed by atoms with Crippen LogP contribution in [0.15, 0.2) is 59.2 Å². The quantitative estimate of drug-likeness (QED) is 0.532. The fourth-order valence-electron chi connectivity index (χ4n) is 3.54. The van der Waals surface area contributed by atoms with Crippen molar-refractivity contribution in [1.82, 2.24) is 5.32 Å². The lowest BCUT2D eigenvalue weighted by Gasteiger charge is -2.29. The molecule has 3 aromatic rings. The Hall–Kier alpha value is -4.07. The molecule has 1 aromatic heterocycles. The minimum Gasteiger partial charge on any atom is -0.485 e. The maximum atomic E-state index is 12.8. The van der Waals surface area contributed by atoms with Crippen molar-refractivity contribution in [3.8, 4) is 11.5 Å². The second kappa shape index (κ2) is 9.60. The van der Waals surface area contributed by atoms with Gasteiger partial charge in [-0.3, -0.25) is 19.3 Å². The van der Waals surface area contributed by atoms with E-state index in [1.807, 2.05) is 32.0 Å². The number of nitrogens with one attached hydrogen (secondary N) is 1. The van der Waals surface area contributed by atoms with Gasteiger partial charge >= 0.3 is 0 Å². The van der Waals surface area contributed by atoms with Crippen molar-refractivity contribution in [2.24, 2.45) is 0 Å². The first-order valence-electron chi connectivity index (χ1n) is 10.5. The first kappa shape index (κ1) is 22.1. The third kappa shape index (κ3) is 5.23. The maximum Gasteiger partial charge on any atom is 0.265 e. The number of rotatable bonds is 8. The topological polar surface area (TPSA) is 98.1 Å². The molecule has 1 aliphatic heterocycles. The average Bonchev–Trinajstić information content (AvgIpc) is 3.32. The van der Waals surface area contributed by atoms with Gasteiger partial charge in [0.15, 0.2) is 19.0 Å². The lowest BCUT2D eigenvalue weighted by atomic mass is 10.1. The monoisotopic (exact) mass is 448 g/mol. The zero-order valence-electron chi connectivity index (χ0n) is 18.4. The number of fused-ring (bicyclic) bond motifs is 1. The first-order chi connectivity index (χ1) is 15.9. The van der Waals surface area contributed by atoms with Gasteiger partial charge < -0.3 is 19.2 Å². The van der Waals surface area contributed by atoms with Crippen molar-refractivity contribution >= 4 is 23.3 Å². The SMILES string of the molecule is Cc1ccc(OCC(=O)c2ccc3c(c2)N(CC(=O)NCc2ccco2)C(=O)CO3)c(C)c1. The molecule has 2 heterocycles. The van der Waals surface area contributed by atoms with E-state index in [-0.39, 0.29) is 43.9 Å². The Morgan fingerprint density at radius 1 is 1.12 bits per heavy atom. The number of Topliss-reactive ketones (excluding diaryl/α,β-unsaturated/α-hetero) is 1. The van der Waals surface area contributed by atoms with E-state index in [2.05, 4.69) is 5.32 Å². The highest BCUT2D eigenvalue weighted by Crippen LogP contribution is 2.33. The van der Waals surface area contributed by atoms with Crippen LogP contribution in [-0.4, -0.2) is 37.4 Å². The van der Waals surface area contributed by atoms with E-state index in [1.54, 1.807) is 30.3 Å². The predicted molar refractivity (Wildman–Crippen MR) is 121 cm³/mol. The summed E-state index contributed by atoms with van der Waals surface area (Å²) < 4.78 is 16.4. The van der Waals surface area contributed by atoms with Gasteiger partial charge in [0.05, 0.1) is 18.5 Å². The van der Waals surface area contributed by atoms with Gasteiger partial charge in [-0.05, 0) is 55.8 Å². The van der Waals surface area contributed by atoms with E-state index in [0.29, 0.717) is 28.5 Å². The van der Waals surface area contributed by atoms with Crippen LogP contribution in [0.3, 0.4) is 0 Å². The van der Waals surface area contributed by atoms with E-state index < -0.39 is 0 Å². The summed E-state index contributed by atoms with van der Waals surface area (Å²) in [6.07, 6.45) is 1.52. The lowest BCUT2D eigenvalue weighted by molar-refractivity contribution is -0.125. The first-order valence-corrected chi connectivity index (χ1v) is 10.5. The van der Waals surface area contributed by atoms with Crippen molar-refractivity contribution in [3.05, 3.63) is 77.2 Å². The minimum absolute atomic E-state index is 0.152. The Morgan fingerprint density at radius 3 is 2.73 bits per heavy atom. The number of carbonyl (C=O) groups is 3. The Morgan fingerprint density at radius 2 is 1.97 bits per heavy atom. The number of hydrogen-bond donors (Lipinski definition) is 1. The molecule has 0 radical (unpaired) electrons. The van der Waals surface area contributed by atoms with E-state index in [9.17, 15) is 14.4 Å². The summed E-state index contributed by atoms with van der Waals surface area (Å²) in [5.41, 5.74) is 2.78. The van der Waals surface area contributed by atoms with Crippen LogP contribution in [0, 0.1) is 13.8 Å². The lowest BCUT2D eigenvalue weighted by Crippen LogP contribution is -2.45. The minimum atomic E-state index is -0.369. The summed E-state index contributed by atoms with van der Waals surface area (Å²) in [5.74, 6) is 0.696. The van der Waals surface area contributed by atoms with Gasteiger partial charge in [-0.2, -0.15) is 0 Å². The largest absolute Gasteiger partial charge is 0.485 e. The number of carbonyl (C=O) groups excluding carboxylic acids is 3. The van der Waals surface area contributed by atoms with Crippen LogP contribution in [0.25, 0.3) is 0 Å². The number of anilines is 1. The standard InChI is InChI=1S/C25H24N2O6/c1-16-5-7-22(17(2)10-16)32-14-21(28)18-6-8-23-20(11-18)27(25(30)15-33-23)13-24(29)26-12-19-4-3-9-31-19/h3-11H,12-15H2,1-2H3,(H,26,29). The summed E-state index contributed by atoms with van der Waals surface area (Å²) in [6, 6.07) is 14.0. The number of furan rings is 1.